The number of hydrogen-bond acceptors (Lipinski definition) is 5. The van der Waals surface area contributed by atoms with Crippen molar-refractivity contribution in [2.24, 2.45) is 4.99 Å². The summed E-state index contributed by atoms with van der Waals surface area (Å²) in [5, 5.41) is 0.219. The van der Waals surface area contributed by atoms with Crippen LogP contribution in [0.1, 0.15) is 18.1 Å². The number of carbonyl (C=O) groups excluding carboxylic acids is 2. The highest BCUT2D eigenvalue weighted by Gasteiger charge is 2.24. The molecule has 0 unspecified atom stereocenters. The molecule has 24 heavy (non-hydrogen) atoms. The minimum Gasteiger partial charge on any atom is -0.425 e. The van der Waals surface area contributed by atoms with Crippen LogP contribution in [0, 0.1) is 0 Å². The Morgan fingerprint density at radius 3 is 2.62 bits per heavy atom. The molecule has 0 saturated heterocycles. The van der Waals surface area contributed by atoms with Crippen LogP contribution in [0.5, 0.6) is 5.75 Å². The van der Waals surface area contributed by atoms with E-state index in [2.05, 4.69) is 4.99 Å². The summed E-state index contributed by atoms with van der Waals surface area (Å²) in [6.07, 6.45) is 1.49. The third kappa shape index (κ3) is 3.36. The first-order valence-electron chi connectivity index (χ1n) is 7.09. The molecule has 0 N–H and O–H groups in total. The number of nitrogens with zero attached hydrogens (tertiary/aromatic N) is 1. The molecule has 6 heteroatoms. The molecular weight excluding hydrogens is 330 g/mol. The zero-order chi connectivity index (χ0) is 17.1. The number of benzene rings is 2. The summed E-state index contributed by atoms with van der Waals surface area (Å²) in [4.78, 5) is 27.3. The van der Waals surface area contributed by atoms with Gasteiger partial charge >= 0.3 is 11.9 Å². The van der Waals surface area contributed by atoms with E-state index in [1.54, 1.807) is 30.3 Å². The van der Waals surface area contributed by atoms with E-state index in [0.717, 1.165) is 0 Å². The van der Waals surface area contributed by atoms with Crippen LogP contribution in [0.4, 0.5) is 0 Å². The van der Waals surface area contributed by atoms with Gasteiger partial charge in [0.2, 0.25) is 5.90 Å². The minimum absolute atomic E-state index is 0.121. The largest absolute Gasteiger partial charge is 0.425 e. The number of esters is 2. The van der Waals surface area contributed by atoms with Gasteiger partial charge in [0, 0.05) is 12.5 Å². The molecule has 0 atom stereocenters. The summed E-state index contributed by atoms with van der Waals surface area (Å²) in [5.41, 5.74) is 1.32. The van der Waals surface area contributed by atoms with E-state index in [1.165, 1.54) is 13.0 Å². The fourth-order valence-electron chi connectivity index (χ4n) is 2.13. The average Bonchev–Trinajstić information content (AvgIpc) is 2.93. The molecule has 2 aromatic rings. The maximum absolute atomic E-state index is 12.0. The predicted molar refractivity (Wildman–Crippen MR) is 89.8 cm³/mol. The first kappa shape index (κ1) is 16.0. The molecule has 0 bridgehead atoms. The first-order chi connectivity index (χ1) is 11.5. The second kappa shape index (κ2) is 6.68. The van der Waals surface area contributed by atoms with E-state index in [4.69, 9.17) is 21.1 Å². The summed E-state index contributed by atoms with van der Waals surface area (Å²) in [6.45, 7) is 1.28. The minimum atomic E-state index is -0.567. The van der Waals surface area contributed by atoms with Crippen LogP contribution in [0.2, 0.25) is 5.02 Å². The molecule has 0 radical (unpaired) electrons. The Hall–Kier alpha value is -2.92. The average molecular weight is 342 g/mol. The van der Waals surface area contributed by atoms with Gasteiger partial charge in [-0.2, -0.15) is 0 Å². The summed E-state index contributed by atoms with van der Waals surface area (Å²) in [6, 6.07) is 14.0. The van der Waals surface area contributed by atoms with Crippen LogP contribution < -0.4 is 4.74 Å². The predicted octanol–water partition coefficient (Wildman–Crippen LogP) is 3.61. The molecule has 1 aliphatic rings. The number of halogens is 1. The van der Waals surface area contributed by atoms with Crippen molar-refractivity contribution in [1.82, 2.24) is 0 Å². The van der Waals surface area contributed by atoms with E-state index >= 15 is 0 Å². The molecule has 1 heterocycles. The molecule has 0 spiro atoms. The zero-order valence-corrected chi connectivity index (χ0v) is 13.4. The van der Waals surface area contributed by atoms with Gasteiger partial charge in [0.25, 0.3) is 0 Å². The third-order valence-corrected chi connectivity index (χ3v) is 3.58. The van der Waals surface area contributed by atoms with Gasteiger partial charge in [0.05, 0.1) is 5.02 Å². The third-order valence-electron chi connectivity index (χ3n) is 3.18. The normalized spacial score (nSPS) is 15.2. The highest BCUT2D eigenvalue weighted by Crippen LogP contribution is 2.31. The maximum Gasteiger partial charge on any atom is 0.363 e. The molecule has 1 aliphatic heterocycles. The van der Waals surface area contributed by atoms with Gasteiger partial charge in [-0.3, -0.25) is 4.79 Å². The van der Waals surface area contributed by atoms with Crippen molar-refractivity contribution in [3.63, 3.8) is 0 Å². The fourth-order valence-corrected chi connectivity index (χ4v) is 2.35. The SMILES string of the molecule is CC(=O)Oc1cccc(C=C2N=C(c3ccccc3)OC2=O)c1Cl. The van der Waals surface area contributed by atoms with Crippen molar-refractivity contribution in [1.29, 1.82) is 0 Å². The fraction of sp³-hybridized carbons (Fsp3) is 0.0556. The van der Waals surface area contributed by atoms with Crippen LogP contribution >= 0.6 is 11.6 Å². The summed E-state index contributed by atoms with van der Waals surface area (Å²) >= 11 is 6.21. The van der Waals surface area contributed by atoms with Crippen LogP contribution in [0.25, 0.3) is 6.08 Å². The van der Waals surface area contributed by atoms with Gasteiger partial charge in [-0.25, -0.2) is 9.79 Å². The highest BCUT2D eigenvalue weighted by molar-refractivity contribution is 6.33. The summed E-state index contributed by atoms with van der Waals surface area (Å²) < 4.78 is 10.2. The van der Waals surface area contributed by atoms with E-state index < -0.39 is 11.9 Å². The van der Waals surface area contributed by atoms with Gasteiger partial charge in [-0.1, -0.05) is 41.9 Å². The number of ether oxygens (including phenoxy) is 2. The van der Waals surface area contributed by atoms with Gasteiger partial charge in [-0.15, -0.1) is 0 Å². The number of cyclic esters (lactones) is 1. The highest BCUT2D eigenvalue weighted by atomic mass is 35.5. The molecular formula is C18H12ClNO4. The van der Waals surface area contributed by atoms with Gasteiger partial charge in [0.15, 0.2) is 5.70 Å². The van der Waals surface area contributed by atoms with E-state index in [1.807, 2.05) is 18.2 Å². The van der Waals surface area contributed by atoms with Crippen LogP contribution in [-0.2, 0) is 14.3 Å². The second-order valence-corrected chi connectivity index (χ2v) is 5.33. The lowest BCUT2D eigenvalue weighted by Gasteiger charge is -2.06. The maximum atomic E-state index is 12.0. The Morgan fingerprint density at radius 2 is 1.92 bits per heavy atom. The summed E-state index contributed by atoms with van der Waals surface area (Å²) in [5.74, 6) is -0.592. The standard InChI is InChI=1S/C18H12ClNO4/c1-11(21)23-15-9-5-8-13(16(15)19)10-14-18(22)24-17(20-14)12-6-3-2-4-7-12/h2-10H,1H3. The molecule has 0 aromatic heterocycles. The monoisotopic (exact) mass is 341 g/mol. The molecule has 120 valence electrons. The van der Waals surface area contributed by atoms with Crippen molar-refractivity contribution < 1.29 is 19.1 Å². The van der Waals surface area contributed by atoms with Crippen LogP contribution in [0.3, 0.4) is 0 Å². The molecule has 0 amide bonds. The molecule has 0 aliphatic carbocycles. The molecule has 0 saturated carbocycles. The number of rotatable bonds is 3. The summed E-state index contributed by atoms with van der Waals surface area (Å²) in [7, 11) is 0. The molecule has 5 nitrogen and oxygen atoms in total. The number of aliphatic imine (C=N–C) groups is 1. The zero-order valence-electron chi connectivity index (χ0n) is 12.7. The van der Waals surface area contributed by atoms with Crippen molar-refractivity contribution in [2.75, 3.05) is 0 Å². The molecule has 3 rings (SSSR count). The molecule has 2 aromatic carbocycles. The Morgan fingerprint density at radius 1 is 1.17 bits per heavy atom. The van der Waals surface area contributed by atoms with Crippen molar-refractivity contribution in [2.45, 2.75) is 6.92 Å². The van der Waals surface area contributed by atoms with Crippen molar-refractivity contribution in [3.05, 3.63) is 70.4 Å². The number of carbonyl (C=O) groups is 2. The van der Waals surface area contributed by atoms with E-state index in [0.29, 0.717) is 11.1 Å². The van der Waals surface area contributed by atoms with Crippen molar-refractivity contribution in [3.8, 4) is 5.75 Å². The smallest absolute Gasteiger partial charge is 0.363 e. The lowest BCUT2D eigenvalue weighted by molar-refractivity contribution is -0.132. The Kier molecular flexibility index (Phi) is 4.44. The van der Waals surface area contributed by atoms with E-state index in [9.17, 15) is 9.59 Å². The Bertz CT molecular complexity index is 872. The van der Waals surface area contributed by atoms with Crippen LogP contribution in [-0.4, -0.2) is 17.8 Å². The van der Waals surface area contributed by atoms with Crippen molar-refractivity contribution >= 4 is 35.5 Å². The Labute approximate surface area is 143 Å². The molecule has 0 fully saturated rings. The van der Waals surface area contributed by atoms with Crippen LogP contribution in [0.15, 0.2) is 59.2 Å². The van der Waals surface area contributed by atoms with E-state index in [-0.39, 0.29) is 22.4 Å². The number of hydrogen-bond donors (Lipinski definition) is 0. The lowest BCUT2D eigenvalue weighted by atomic mass is 10.2. The first-order valence-corrected chi connectivity index (χ1v) is 7.47. The topological polar surface area (TPSA) is 65.0 Å². The second-order valence-electron chi connectivity index (χ2n) is 4.96. The van der Waals surface area contributed by atoms with Gasteiger partial charge < -0.3 is 9.47 Å². The quantitative estimate of drug-likeness (QED) is 0.486. The van der Waals surface area contributed by atoms with Gasteiger partial charge in [-0.05, 0) is 29.8 Å². The van der Waals surface area contributed by atoms with Gasteiger partial charge in [0.1, 0.15) is 5.75 Å². The Balaban J connectivity index is 1.95. The lowest BCUT2D eigenvalue weighted by Crippen LogP contribution is -2.05.